The van der Waals surface area contributed by atoms with E-state index in [-0.39, 0.29) is 5.82 Å². The Morgan fingerprint density at radius 1 is 1.23 bits per heavy atom. The molecule has 1 aromatic carbocycles. The minimum atomic E-state index is -0.299. The Kier molecular flexibility index (Phi) is 5.75. The lowest BCUT2D eigenvalue weighted by molar-refractivity contribution is 0.132. The second-order valence-electron chi connectivity index (χ2n) is 8.37. The van der Waals surface area contributed by atoms with E-state index in [1.807, 2.05) is 6.07 Å². The second-order valence-corrected chi connectivity index (χ2v) is 10.4. The van der Waals surface area contributed by atoms with Crippen LogP contribution in [0.15, 0.2) is 29.0 Å². The molecule has 3 aromatic rings. The van der Waals surface area contributed by atoms with Gasteiger partial charge in [-0.3, -0.25) is 0 Å². The van der Waals surface area contributed by atoms with Crippen molar-refractivity contribution < 1.29 is 4.39 Å². The largest absolute Gasteiger partial charge is 0.337 e. The summed E-state index contributed by atoms with van der Waals surface area (Å²) in [5.74, 6) is 1.10. The summed E-state index contributed by atoms with van der Waals surface area (Å²) in [7, 11) is 2.20. The molecular formula is C22H25BrFN5S. The predicted octanol–water partition coefficient (Wildman–Crippen LogP) is 4.69. The first-order valence-electron chi connectivity index (χ1n) is 10.4. The van der Waals surface area contributed by atoms with E-state index in [1.165, 1.54) is 42.6 Å². The average Bonchev–Trinajstić information content (AvgIpc) is 3.10. The number of hydrogen-bond donors (Lipinski definition) is 1. The van der Waals surface area contributed by atoms with Gasteiger partial charge in [-0.15, -0.1) is 11.3 Å². The molecule has 1 aliphatic heterocycles. The number of nitrogens with zero attached hydrogens (tertiary/aromatic N) is 4. The van der Waals surface area contributed by atoms with Crippen LogP contribution < -0.4 is 5.32 Å². The number of hydrogen-bond acceptors (Lipinski definition) is 6. The van der Waals surface area contributed by atoms with Crippen LogP contribution in [0, 0.1) is 11.7 Å². The van der Waals surface area contributed by atoms with Crippen molar-refractivity contribution in [3.8, 4) is 0 Å². The maximum absolute atomic E-state index is 14.4. The Hall–Kier alpha value is -1.61. The summed E-state index contributed by atoms with van der Waals surface area (Å²) < 4.78 is 15.1. The molecule has 158 valence electrons. The number of fused-ring (bicyclic) bond motifs is 3. The molecular weight excluding hydrogens is 465 g/mol. The highest BCUT2D eigenvalue weighted by atomic mass is 79.9. The van der Waals surface area contributed by atoms with Crippen LogP contribution in [-0.4, -0.2) is 59.5 Å². The zero-order valence-electron chi connectivity index (χ0n) is 17.0. The SMILES string of the molecule is CN1CCN(CC2CCc3c(sc4ncnc(Nc5ccc(Br)cc5F)c34)C2)CC1. The Morgan fingerprint density at radius 2 is 2.07 bits per heavy atom. The highest BCUT2D eigenvalue weighted by Crippen LogP contribution is 2.40. The first kappa shape index (κ1) is 20.3. The van der Waals surface area contributed by atoms with Gasteiger partial charge in [0.15, 0.2) is 0 Å². The van der Waals surface area contributed by atoms with Crippen LogP contribution in [0.3, 0.4) is 0 Å². The topological polar surface area (TPSA) is 44.3 Å². The van der Waals surface area contributed by atoms with Gasteiger partial charge < -0.3 is 15.1 Å². The minimum absolute atomic E-state index is 0.299. The average molecular weight is 490 g/mol. The van der Waals surface area contributed by atoms with E-state index in [2.05, 4.69) is 48.1 Å². The van der Waals surface area contributed by atoms with Crippen LogP contribution in [0.5, 0.6) is 0 Å². The summed E-state index contributed by atoms with van der Waals surface area (Å²) in [6, 6.07) is 5.03. The maximum Gasteiger partial charge on any atom is 0.147 e. The highest BCUT2D eigenvalue weighted by molar-refractivity contribution is 9.10. The molecule has 5 nitrogen and oxygen atoms in total. The third-order valence-corrected chi connectivity index (χ3v) is 7.90. The van der Waals surface area contributed by atoms with Crippen LogP contribution in [0.2, 0.25) is 0 Å². The molecule has 1 unspecified atom stereocenters. The lowest BCUT2D eigenvalue weighted by atomic mass is 9.87. The standard InChI is InChI=1S/C22H25BrFN5S/c1-28-6-8-29(9-7-28)12-14-2-4-16-19(10-14)30-22-20(16)21(25-13-26-22)27-18-5-3-15(23)11-17(18)24/h3,5,11,13-14H,2,4,6-10,12H2,1H3,(H,25,26,27). The molecule has 0 spiro atoms. The Balaban J connectivity index is 1.38. The summed E-state index contributed by atoms with van der Waals surface area (Å²) in [5.41, 5.74) is 1.78. The molecule has 3 heterocycles. The number of piperazine rings is 1. The number of halogens is 2. The monoisotopic (exact) mass is 489 g/mol. The molecule has 0 amide bonds. The minimum Gasteiger partial charge on any atom is -0.337 e. The molecule has 1 atom stereocenters. The summed E-state index contributed by atoms with van der Waals surface area (Å²) in [6.45, 7) is 5.85. The molecule has 8 heteroatoms. The van der Waals surface area contributed by atoms with Crippen molar-refractivity contribution in [3.63, 3.8) is 0 Å². The molecule has 0 radical (unpaired) electrons. The number of benzene rings is 1. The molecule has 2 aromatic heterocycles. The van der Waals surface area contributed by atoms with E-state index in [0.29, 0.717) is 17.4 Å². The van der Waals surface area contributed by atoms with Gasteiger partial charge in [0.1, 0.15) is 22.8 Å². The molecule has 1 saturated heterocycles. The van der Waals surface area contributed by atoms with Crippen LogP contribution in [0.1, 0.15) is 16.9 Å². The van der Waals surface area contributed by atoms with Crippen LogP contribution in [-0.2, 0) is 12.8 Å². The third kappa shape index (κ3) is 4.10. The zero-order chi connectivity index (χ0) is 20.7. The number of anilines is 2. The number of likely N-dealkylation sites (N-methyl/N-ethyl adjacent to an activating group) is 1. The van der Waals surface area contributed by atoms with E-state index in [0.717, 1.165) is 40.6 Å². The van der Waals surface area contributed by atoms with Gasteiger partial charge in [-0.05, 0) is 56.0 Å². The normalized spacial score (nSPS) is 20.4. The van der Waals surface area contributed by atoms with E-state index >= 15 is 0 Å². The molecule has 0 bridgehead atoms. The van der Waals surface area contributed by atoms with E-state index in [4.69, 9.17) is 0 Å². The number of rotatable bonds is 4. The second kappa shape index (κ2) is 8.49. The lowest BCUT2D eigenvalue weighted by Crippen LogP contribution is -2.46. The quantitative estimate of drug-likeness (QED) is 0.575. The highest BCUT2D eigenvalue weighted by Gasteiger charge is 2.27. The molecule has 1 N–H and O–H groups in total. The third-order valence-electron chi connectivity index (χ3n) is 6.24. The van der Waals surface area contributed by atoms with E-state index < -0.39 is 0 Å². The Bertz CT molecular complexity index is 1060. The fourth-order valence-corrected chi connectivity index (χ4v) is 6.18. The number of aryl methyl sites for hydroxylation is 1. The van der Waals surface area contributed by atoms with Crippen molar-refractivity contribution in [2.75, 3.05) is 45.1 Å². The van der Waals surface area contributed by atoms with Crippen molar-refractivity contribution in [2.24, 2.45) is 5.92 Å². The maximum atomic E-state index is 14.4. The molecule has 0 saturated carbocycles. The van der Waals surface area contributed by atoms with Gasteiger partial charge in [0, 0.05) is 42.1 Å². The summed E-state index contributed by atoms with van der Waals surface area (Å²) in [6.07, 6.45) is 4.91. The number of nitrogens with one attached hydrogen (secondary N) is 1. The first-order valence-corrected chi connectivity index (χ1v) is 12.1. The van der Waals surface area contributed by atoms with Crippen molar-refractivity contribution >= 4 is 49.0 Å². The van der Waals surface area contributed by atoms with Gasteiger partial charge >= 0.3 is 0 Å². The van der Waals surface area contributed by atoms with Crippen molar-refractivity contribution in [1.29, 1.82) is 0 Å². The number of thiophene rings is 1. The van der Waals surface area contributed by atoms with Gasteiger partial charge in [-0.25, -0.2) is 14.4 Å². The zero-order valence-corrected chi connectivity index (χ0v) is 19.4. The van der Waals surface area contributed by atoms with Crippen LogP contribution in [0.4, 0.5) is 15.9 Å². The Labute approximate surface area is 188 Å². The fourth-order valence-electron chi connectivity index (χ4n) is 4.54. The van der Waals surface area contributed by atoms with Gasteiger partial charge in [0.25, 0.3) is 0 Å². The summed E-state index contributed by atoms with van der Waals surface area (Å²) in [4.78, 5) is 16.4. The van der Waals surface area contributed by atoms with Crippen LogP contribution in [0.25, 0.3) is 10.2 Å². The van der Waals surface area contributed by atoms with Gasteiger partial charge in [-0.1, -0.05) is 15.9 Å². The van der Waals surface area contributed by atoms with E-state index in [1.54, 1.807) is 23.7 Å². The molecule has 30 heavy (non-hydrogen) atoms. The van der Waals surface area contributed by atoms with Crippen molar-refractivity contribution in [2.45, 2.75) is 19.3 Å². The summed E-state index contributed by atoms with van der Waals surface area (Å²) in [5, 5.41) is 4.27. The van der Waals surface area contributed by atoms with Crippen molar-refractivity contribution in [3.05, 3.63) is 45.3 Å². The van der Waals surface area contributed by atoms with Gasteiger partial charge in [-0.2, -0.15) is 0 Å². The first-order chi connectivity index (χ1) is 14.6. The van der Waals surface area contributed by atoms with Gasteiger partial charge in [0.05, 0.1) is 11.1 Å². The van der Waals surface area contributed by atoms with Crippen molar-refractivity contribution in [1.82, 2.24) is 19.8 Å². The fraction of sp³-hybridized carbons (Fsp3) is 0.455. The molecule has 5 rings (SSSR count). The summed E-state index contributed by atoms with van der Waals surface area (Å²) >= 11 is 5.09. The van der Waals surface area contributed by atoms with Crippen LogP contribution >= 0.6 is 27.3 Å². The van der Waals surface area contributed by atoms with E-state index in [9.17, 15) is 4.39 Å². The van der Waals surface area contributed by atoms with Gasteiger partial charge in [0.2, 0.25) is 0 Å². The molecule has 2 aliphatic rings. The molecule has 1 fully saturated rings. The number of aromatic nitrogens is 2. The smallest absolute Gasteiger partial charge is 0.147 e. The lowest BCUT2D eigenvalue weighted by Gasteiger charge is -2.35. The Morgan fingerprint density at radius 3 is 2.87 bits per heavy atom. The predicted molar refractivity (Wildman–Crippen MR) is 124 cm³/mol. The molecule has 1 aliphatic carbocycles.